The van der Waals surface area contributed by atoms with Crippen LogP contribution < -0.4 is 0 Å². The maximum absolute atomic E-state index is 12.6. The van der Waals surface area contributed by atoms with Crippen LogP contribution in [0.25, 0.3) is 0 Å². The van der Waals surface area contributed by atoms with Crippen LogP contribution in [0.5, 0.6) is 0 Å². The Morgan fingerprint density at radius 1 is 0.386 bits per heavy atom. The lowest BCUT2D eigenvalue weighted by atomic mass is 10.1. The quantitative estimate of drug-likeness (QED) is 0.0265. The SMILES string of the molecule is CC/C=C\C/C=C\C/C=C\C/C=C\C/C=C\CC(=O)OC(COC(=O)CCCCCCCC)COC(=O)CCCCCCCCC/C=C\CCCCCCCCC. The predicted molar refractivity (Wildman–Crippen MR) is 242 cm³/mol. The van der Waals surface area contributed by atoms with E-state index in [1.54, 1.807) is 6.08 Å². The second-order valence-corrected chi connectivity index (χ2v) is 15.3. The van der Waals surface area contributed by atoms with E-state index < -0.39 is 12.1 Å². The molecular formula is C51H86O6. The highest BCUT2D eigenvalue weighted by Gasteiger charge is 2.19. The van der Waals surface area contributed by atoms with Crippen LogP contribution in [0.2, 0.25) is 0 Å². The number of carbonyl (C=O) groups is 3. The van der Waals surface area contributed by atoms with E-state index in [0.29, 0.717) is 12.8 Å². The first kappa shape index (κ1) is 53.9. The number of hydrogen-bond acceptors (Lipinski definition) is 6. The van der Waals surface area contributed by atoms with Crippen LogP contribution in [0.4, 0.5) is 0 Å². The average Bonchev–Trinajstić information content (AvgIpc) is 3.21. The summed E-state index contributed by atoms with van der Waals surface area (Å²) < 4.78 is 16.5. The van der Waals surface area contributed by atoms with Gasteiger partial charge in [0.25, 0.3) is 0 Å². The van der Waals surface area contributed by atoms with E-state index in [-0.39, 0.29) is 31.6 Å². The zero-order chi connectivity index (χ0) is 41.5. The van der Waals surface area contributed by atoms with Gasteiger partial charge in [0.2, 0.25) is 0 Å². The Labute approximate surface area is 351 Å². The number of allylic oxidation sites excluding steroid dienone is 11. The molecule has 1 unspecified atom stereocenters. The van der Waals surface area contributed by atoms with Crippen molar-refractivity contribution in [2.75, 3.05) is 13.2 Å². The van der Waals surface area contributed by atoms with Crippen molar-refractivity contribution in [1.29, 1.82) is 0 Å². The van der Waals surface area contributed by atoms with Crippen molar-refractivity contribution < 1.29 is 28.6 Å². The van der Waals surface area contributed by atoms with Gasteiger partial charge in [-0.3, -0.25) is 14.4 Å². The molecule has 0 heterocycles. The van der Waals surface area contributed by atoms with Gasteiger partial charge in [0.15, 0.2) is 6.10 Å². The lowest BCUT2D eigenvalue weighted by Crippen LogP contribution is -2.30. The third-order valence-electron chi connectivity index (χ3n) is 9.73. The fraction of sp³-hybridized carbons (Fsp3) is 0.706. The van der Waals surface area contributed by atoms with Crippen molar-refractivity contribution in [1.82, 2.24) is 0 Å². The highest BCUT2D eigenvalue weighted by atomic mass is 16.6. The van der Waals surface area contributed by atoms with Gasteiger partial charge in [-0.1, -0.05) is 196 Å². The molecule has 0 aromatic rings. The van der Waals surface area contributed by atoms with Crippen molar-refractivity contribution in [3.05, 3.63) is 72.9 Å². The maximum atomic E-state index is 12.6. The molecule has 0 aliphatic carbocycles. The minimum Gasteiger partial charge on any atom is -0.462 e. The van der Waals surface area contributed by atoms with Crippen LogP contribution >= 0.6 is 0 Å². The zero-order valence-corrected chi connectivity index (χ0v) is 37.1. The Balaban J connectivity index is 4.37. The molecule has 0 aliphatic heterocycles. The van der Waals surface area contributed by atoms with Gasteiger partial charge in [0.1, 0.15) is 13.2 Å². The molecule has 0 amide bonds. The molecule has 0 rings (SSSR count). The summed E-state index contributed by atoms with van der Waals surface area (Å²) in [5.41, 5.74) is 0. The lowest BCUT2D eigenvalue weighted by molar-refractivity contribution is -0.166. The Bertz CT molecular complexity index is 1100. The molecule has 0 saturated carbocycles. The highest BCUT2D eigenvalue weighted by Crippen LogP contribution is 2.13. The van der Waals surface area contributed by atoms with Gasteiger partial charge in [-0.25, -0.2) is 0 Å². The standard InChI is InChI=1S/C51H86O6/c1-4-7-10-13-16-18-20-22-24-25-26-28-29-31-33-35-38-41-44-50(53)56-47-48(46-55-49(52)43-40-37-15-12-9-6-3)57-51(54)45-42-39-36-34-32-30-27-23-21-19-17-14-11-8-5-2/h8,11,17,19,23-25,27,32,34,39,42,48H,4-7,9-10,12-16,18,20-22,26,28-31,33,35-38,40-41,43-47H2,1-3H3/b11-8-,19-17-,25-24-,27-23-,34-32-,42-39-. The Morgan fingerprint density at radius 3 is 1.14 bits per heavy atom. The van der Waals surface area contributed by atoms with E-state index in [2.05, 4.69) is 81.5 Å². The van der Waals surface area contributed by atoms with E-state index in [1.807, 2.05) is 6.08 Å². The van der Waals surface area contributed by atoms with Crippen LogP contribution in [0.3, 0.4) is 0 Å². The van der Waals surface area contributed by atoms with Crippen molar-refractivity contribution in [2.24, 2.45) is 0 Å². The summed E-state index contributed by atoms with van der Waals surface area (Å²) in [7, 11) is 0. The fourth-order valence-corrected chi connectivity index (χ4v) is 6.22. The minimum absolute atomic E-state index is 0.0969. The van der Waals surface area contributed by atoms with Gasteiger partial charge in [-0.05, 0) is 70.6 Å². The summed E-state index contributed by atoms with van der Waals surface area (Å²) in [6.45, 7) is 6.36. The topological polar surface area (TPSA) is 78.9 Å². The second kappa shape index (κ2) is 45.6. The highest BCUT2D eigenvalue weighted by molar-refractivity contribution is 5.72. The molecule has 0 N–H and O–H groups in total. The fourth-order valence-electron chi connectivity index (χ4n) is 6.22. The molecular weight excluding hydrogens is 709 g/mol. The summed E-state index contributed by atoms with van der Waals surface area (Å²) in [5.74, 6) is -1.06. The maximum Gasteiger partial charge on any atom is 0.310 e. The Hall–Kier alpha value is -3.15. The first-order valence-corrected chi connectivity index (χ1v) is 23.4. The summed E-state index contributed by atoms with van der Waals surface area (Å²) in [5, 5.41) is 0. The number of rotatable bonds is 41. The molecule has 0 aliphatic rings. The Kier molecular flexibility index (Phi) is 43.0. The molecule has 0 aromatic heterocycles. The van der Waals surface area contributed by atoms with Crippen LogP contribution in [0, 0.1) is 0 Å². The molecule has 0 bridgehead atoms. The summed E-state index contributed by atoms with van der Waals surface area (Å²) in [4.78, 5) is 37.5. The van der Waals surface area contributed by atoms with Gasteiger partial charge in [0, 0.05) is 12.8 Å². The van der Waals surface area contributed by atoms with Crippen molar-refractivity contribution >= 4 is 17.9 Å². The number of hydrogen-bond donors (Lipinski definition) is 0. The number of esters is 3. The first-order chi connectivity index (χ1) is 28.0. The molecule has 6 nitrogen and oxygen atoms in total. The molecule has 0 fully saturated rings. The monoisotopic (exact) mass is 795 g/mol. The third kappa shape index (κ3) is 43.8. The molecule has 6 heteroatoms. The molecule has 326 valence electrons. The third-order valence-corrected chi connectivity index (χ3v) is 9.73. The second-order valence-electron chi connectivity index (χ2n) is 15.3. The number of unbranched alkanes of at least 4 members (excludes halogenated alkanes) is 19. The summed E-state index contributed by atoms with van der Waals surface area (Å²) in [6, 6.07) is 0. The molecule has 1 atom stereocenters. The summed E-state index contributed by atoms with van der Waals surface area (Å²) in [6.07, 6.45) is 56.5. The van der Waals surface area contributed by atoms with E-state index in [4.69, 9.17) is 14.2 Å². The van der Waals surface area contributed by atoms with Gasteiger partial charge in [-0.2, -0.15) is 0 Å². The number of carbonyl (C=O) groups excluding carboxylic acids is 3. The molecule has 0 saturated heterocycles. The normalized spacial score (nSPS) is 12.7. The van der Waals surface area contributed by atoms with Gasteiger partial charge >= 0.3 is 17.9 Å². The van der Waals surface area contributed by atoms with Crippen LogP contribution in [-0.4, -0.2) is 37.2 Å². The van der Waals surface area contributed by atoms with Crippen molar-refractivity contribution in [3.8, 4) is 0 Å². The van der Waals surface area contributed by atoms with Gasteiger partial charge < -0.3 is 14.2 Å². The minimum atomic E-state index is -0.826. The Morgan fingerprint density at radius 2 is 0.737 bits per heavy atom. The first-order valence-electron chi connectivity index (χ1n) is 23.4. The van der Waals surface area contributed by atoms with Gasteiger partial charge in [0.05, 0.1) is 6.42 Å². The molecule has 0 spiro atoms. The van der Waals surface area contributed by atoms with E-state index >= 15 is 0 Å². The summed E-state index contributed by atoms with van der Waals surface area (Å²) >= 11 is 0. The van der Waals surface area contributed by atoms with E-state index in [0.717, 1.165) is 70.6 Å². The lowest BCUT2D eigenvalue weighted by Gasteiger charge is -2.18. The smallest absolute Gasteiger partial charge is 0.310 e. The van der Waals surface area contributed by atoms with E-state index in [9.17, 15) is 14.4 Å². The predicted octanol–water partition coefficient (Wildman–Crippen LogP) is 15.1. The number of ether oxygens (including phenoxy) is 3. The average molecular weight is 795 g/mol. The largest absolute Gasteiger partial charge is 0.462 e. The van der Waals surface area contributed by atoms with Crippen molar-refractivity contribution in [3.63, 3.8) is 0 Å². The van der Waals surface area contributed by atoms with Crippen LogP contribution in [0.15, 0.2) is 72.9 Å². The molecule has 57 heavy (non-hydrogen) atoms. The molecule has 0 aromatic carbocycles. The van der Waals surface area contributed by atoms with Crippen LogP contribution in [-0.2, 0) is 28.6 Å². The van der Waals surface area contributed by atoms with Crippen molar-refractivity contribution in [2.45, 2.75) is 219 Å². The zero-order valence-electron chi connectivity index (χ0n) is 37.1. The van der Waals surface area contributed by atoms with Gasteiger partial charge in [-0.15, -0.1) is 0 Å². The van der Waals surface area contributed by atoms with E-state index in [1.165, 1.54) is 103 Å². The molecule has 0 radical (unpaired) electrons. The van der Waals surface area contributed by atoms with Crippen LogP contribution in [0.1, 0.15) is 213 Å².